The second kappa shape index (κ2) is 8.52. The van der Waals surface area contributed by atoms with E-state index in [2.05, 4.69) is 0 Å². The van der Waals surface area contributed by atoms with Gasteiger partial charge in [-0.3, -0.25) is 4.90 Å². The number of piperidine rings is 2. The molecule has 3 fully saturated rings. The number of fused-ring (bicyclic) bond motifs is 3. The number of benzene rings is 1. The highest BCUT2D eigenvalue weighted by Crippen LogP contribution is 2.42. The zero-order chi connectivity index (χ0) is 20.3. The van der Waals surface area contributed by atoms with Crippen molar-refractivity contribution in [1.82, 2.24) is 4.90 Å². The van der Waals surface area contributed by atoms with Crippen LogP contribution in [0.1, 0.15) is 52.5 Å². The van der Waals surface area contributed by atoms with Crippen molar-refractivity contribution in [3.05, 3.63) is 35.9 Å². The van der Waals surface area contributed by atoms with Crippen LogP contribution < -0.4 is 0 Å². The molecule has 2 bridgehead atoms. The molecule has 2 saturated heterocycles. The van der Waals surface area contributed by atoms with E-state index in [9.17, 15) is 9.59 Å². The minimum atomic E-state index is -0.650. The largest absolute Gasteiger partial charge is 0.464 e. The summed E-state index contributed by atoms with van der Waals surface area (Å²) in [6.07, 6.45) is 1.89. The van der Waals surface area contributed by atoms with Gasteiger partial charge in [0, 0.05) is 12.0 Å². The Morgan fingerprint density at radius 2 is 1.86 bits per heavy atom. The van der Waals surface area contributed by atoms with Crippen molar-refractivity contribution >= 4 is 12.1 Å². The van der Waals surface area contributed by atoms with Gasteiger partial charge < -0.3 is 14.2 Å². The van der Waals surface area contributed by atoms with Crippen molar-refractivity contribution in [2.45, 2.75) is 77.4 Å². The molecule has 1 amide bonds. The predicted octanol–water partition coefficient (Wildman–Crippen LogP) is 3.92. The lowest BCUT2D eigenvalue weighted by Gasteiger charge is -2.52. The van der Waals surface area contributed by atoms with Crippen molar-refractivity contribution in [2.24, 2.45) is 5.92 Å². The molecule has 1 aromatic carbocycles. The molecule has 1 aliphatic carbocycles. The lowest BCUT2D eigenvalue weighted by molar-refractivity contribution is -0.170. The Bertz CT molecular complexity index is 684. The van der Waals surface area contributed by atoms with Crippen LogP contribution in [0, 0.1) is 5.92 Å². The number of rotatable bonds is 5. The van der Waals surface area contributed by atoms with Crippen LogP contribution in [0.3, 0.4) is 0 Å². The van der Waals surface area contributed by atoms with Gasteiger partial charge in [0.2, 0.25) is 0 Å². The topological polar surface area (TPSA) is 65.1 Å². The number of carbonyl (C=O) groups excluding carboxylic acids is 2. The van der Waals surface area contributed by atoms with E-state index in [0.717, 1.165) is 18.4 Å². The third kappa shape index (κ3) is 4.66. The minimum Gasteiger partial charge on any atom is -0.464 e. The van der Waals surface area contributed by atoms with Gasteiger partial charge in [0.15, 0.2) is 0 Å². The highest BCUT2D eigenvalue weighted by Gasteiger charge is 2.54. The average molecular weight is 389 g/mol. The molecule has 6 heteroatoms. The fourth-order valence-corrected chi connectivity index (χ4v) is 4.24. The highest BCUT2D eigenvalue weighted by molar-refractivity contribution is 5.83. The van der Waals surface area contributed by atoms with Crippen molar-refractivity contribution < 1.29 is 23.8 Å². The molecule has 0 radical (unpaired) electrons. The van der Waals surface area contributed by atoms with Gasteiger partial charge in [-0.25, -0.2) is 9.59 Å². The second-order valence-corrected chi connectivity index (χ2v) is 8.55. The molecule has 4 rings (SSSR count). The molecule has 1 saturated carbocycles. The van der Waals surface area contributed by atoms with E-state index in [0.29, 0.717) is 13.0 Å². The summed E-state index contributed by atoms with van der Waals surface area (Å²) in [5.74, 6) is -0.448. The van der Waals surface area contributed by atoms with Crippen LogP contribution in [-0.4, -0.2) is 47.4 Å². The molecule has 2 aliphatic heterocycles. The number of carbonyl (C=O) groups is 2. The Kier molecular flexibility index (Phi) is 6.28. The molecule has 1 aromatic rings. The lowest BCUT2D eigenvalue weighted by atomic mass is 9.72. The summed E-state index contributed by atoms with van der Waals surface area (Å²) in [7, 11) is 0. The van der Waals surface area contributed by atoms with E-state index < -0.39 is 17.7 Å². The van der Waals surface area contributed by atoms with Crippen LogP contribution in [0.4, 0.5) is 4.79 Å². The van der Waals surface area contributed by atoms with Crippen LogP contribution in [0.5, 0.6) is 0 Å². The van der Waals surface area contributed by atoms with Crippen LogP contribution in [-0.2, 0) is 25.6 Å². The van der Waals surface area contributed by atoms with E-state index in [1.165, 1.54) is 0 Å². The monoisotopic (exact) mass is 389 g/mol. The maximum Gasteiger partial charge on any atom is 0.411 e. The van der Waals surface area contributed by atoms with E-state index in [4.69, 9.17) is 14.2 Å². The summed E-state index contributed by atoms with van der Waals surface area (Å²) in [5.41, 5.74) is 0.483. The normalized spacial score (nSPS) is 26.8. The third-order valence-electron chi connectivity index (χ3n) is 5.35. The Morgan fingerprint density at radius 3 is 2.50 bits per heavy atom. The minimum absolute atomic E-state index is 0.0740. The fourth-order valence-electron chi connectivity index (χ4n) is 4.24. The number of nitrogens with zero attached hydrogens (tertiary/aromatic N) is 1. The SMILES string of the molecule is CCOC(=O)[C@@H]1[C@@H]2CC[C@@H](CC2OCc2ccccc2)N1C(=O)OC(C)(C)C. The lowest BCUT2D eigenvalue weighted by Crippen LogP contribution is -2.65. The Morgan fingerprint density at radius 1 is 1.14 bits per heavy atom. The van der Waals surface area contributed by atoms with Gasteiger partial charge in [-0.15, -0.1) is 0 Å². The number of amides is 1. The van der Waals surface area contributed by atoms with Gasteiger partial charge in [0.1, 0.15) is 11.6 Å². The van der Waals surface area contributed by atoms with Gasteiger partial charge >= 0.3 is 12.1 Å². The smallest absolute Gasteiger partial charge is 0.411 e. The molecule has 4 atom stereocenters. The van der Waals surface area contributed by atoms with Gasteiger partial charge in [-0.1, -0.05) is 30.3 Å². The fraction of sp³-hybridized carbons (Fsp3) is 0.636. The van der Waals surface area contributed by atoms with Gasteiger partial charge in [0.05, 0.1) is 19.3 Å². The molecule has 0 aromatic heterocycles. The van der Waals surface area contributed by atoms with Crippen molar-refractivity contribution in [3.63, 3.8) is 0 Å². The zero-order valence-corrected chi connectivity index (χ0v) is 17.2. The van der Waals surface area contributed by atoms with Gasteiger partial charge in [-0.2, -0.15) is 0 Å². The van der Waals surface area contributed by atoms with Crippen LogP contribution in [0.15, 0.2) is 30.3 Å². The molecule has 6 nitrogen and oxygen atoms in total. The van der Waals surface area contributed by atoms with Crippen molar-refractivity contribution in [1.29, 1.82) is 0 Å². The molecule has 28 heavy (non-hydrogen) atoms. The summed E-state index contributed by atoms with van der Waals surface area (Å²) < 4.78 is 17.1. The molecule has 3 aliphatic rings. The third-order valence-corrected chi connectivity index (χ3v) is 5.35. The van der Waals surface area contributed by atoms with Gasteiger partial charge in [0.25, 0.3) is 0 Å². The Hall–Kier alpha value is -2.08. The van der Waals surface area contributed by atoms with E-state index in [1.807, 2.05) is 51.1 Å². The average Bonchev–Trinajstić information content (AvgIpc) is 2.65. The van der Waals surface area contributed by atoms with E-state index >= 15 is 0 Å². The zero-order valence-electron chi connectivity index (χ0n) is 17.2. The molecule has 1 unspecified atom stereocenters. The highest BCUT2D eigenvalue weighted by atomic mass is 16.6. The Balaban J connectivity index is 1.77. The van der Waals surface area contributed by atoms with E-state index in [-0.39, 0.29) is 30.6 Å². The number of esters is 1. The first-order valence-electron chi connectivity index (χ1n) is 10.1. The Labute approximate surface area is 167 Å². The molecular formula is C22H31NO5. The van der Waals surface area contributed by atoms with Crippen LogP contribution in [0.25, 0.3) is 0 Å². The van der Waals surface area contributed by atoms with Crippen molar-refractivity contribution in [2.75, 3.05) is 6.61 Å². The number of ether oxygens (including phenoxy) is 3. The number of hydrogen-bond acceptors (Lipinski definition) is 5. The summed E-state index contributed by atoms with van der Waals surface area (Å²) in [6, 6.07) is 9.27. The quantitative estimate of drug-likeness (QED) is 0.714. The maximum absolute atomic E-state index is 12.9. The van der Waals surface area contributed by atoms with Gasteiger partial charge in [-0.05, 0) is 52.5 Å². The molecule has 154 valence electrons. The molecule has 2 heterocycles. The standard InChI is InChI=1S/C22H31NO5/c1-5-26-20(24)19-17-12-11-16(23(19)21(25)28-22(2,3)4)13-18(17)27-14-15-9-7-6-8-10-15/h6-10,16-19H,5,11-14H2,1-4H3/t16-,17+,18?,19-/m0/s1. The van der Waals surface area contributed by atoms with E-state index in [1.54, 1.807) is 11.8 Å². The second-order valence-electron chi connectivity index (χ2n) is 8.55. The first kappa shape index (κ1) is 20.6. The van der Waals surface area contributed by atoms with Crippen LogP contribution >= 0.6 is 0 Å². The molecule has 0 N–H and O–H groups in total. The summed E-state index contributed by atoms with van der Waals surface area (Å²) in [4.78, 5) is 27.2. The maximum atomic E-state index is 12.9. The molecular weight excluding hydrogens is 358 g/mol. The summed E-state index contributed by atoms with van der Waals surface area (Å²) >= 11 is 0. The number of hydrogen-bond donors (Lipinski definition) is 0. The summed E-state index contributed by atoms with van der Waals surface area (Å²) in [5, 5.41) is 0. The van der Waals surface area contributed by atoms with Crippen molar-refractivity contribution in [3.8, 4) is 0 Å². The first-order chi connectivity index (χ1) is 13.3. The first-order valence-corrected chi connectivity index (χ1v) is 10.1. The van der Waals surface area contributed by atoms with Crippen LogP contribution in [0.2, 0.25) is 0 Å². The molecule has 0 spiro atoms. The predicted molar refractivity (Wildman–Crippen MR) is 105 cm³/mol. The summed E-state index contributed by atoms with van der Waals surface area (Å²) in [6.45, 7) is 8.05.